The number of carboxylic acids is 1. The smallest absolute Gasteiger partial charge is 0.307 e. The zero-order valence-electron chi connectivity index (χ0n) is 13.9. The summed E-state index contributed by atoms with van der Waals surface area (Å²) in [6.07, 6.45) is 1.88. The first-order valence-electron chi connectivity index (χ1n) is 7.73. The fraction of sp³-hybridized carbons (Fsp3) is 0.150. The van der Waals surface area contributed by atoms with Crippen molar-refractivity contribution in [2.75, 3.05) is 6.26 Å². The molecule has 25 heavy (non-hydrogen) atoms. The van der Waals surface area contributed by atoms with E-state index in [2.05, 4.69) is 0 Å². The van der Waals surface area contributed by atoms with Gasteiger partial charge in [-0.3, -0.25) is 4.79 Å². The summed E-state index contributed by atoms with van der Waals surface area (Å²) in [5.41, 5.74) is 1.57. The van der Waals surface area contributed by atoms with E-state index in [1.54, 1.807) is 30.0 Å². The van der Waals surface area contributed by atoms with Crippen molar-refractivity contribution in [3.05, 3.63) is 65.5 Å². The van der Waals surface area contributed by atoms with E-state index in [4.69, 9.17) is 9.84 Å². The van der Waals surface area contributed by atoms with Crippen LogP contribution < -0.4 is 4.74 Å². The highest BCUT2D eigenvalue weighted by Crippen LogP contribution is 2.34. The van der Waals surface area contributed by atoms with E-state index in [0.29, 0.717) is 22.4 Å². The largest absolute Gasteiger partial charge is 0.481 e. The third-order valence-electron chi connectivity index (χ3n) is 3.90. The van der Waals surface area contributed by atoms with Gasteiger partial charge in [-0.2, -0.15) is 0 Å². The average Bonchev–Trinajstić information content (AvgIpc) is 2.56. The number of carboxylic acid groups (broad SMARTS) is 1. The summed E-state index contributed by atoms with van der Waals surface area (Å²) < 4.78 is 19.7. The first kappa shape index (κ1) is 17.3. The number of aliphatic carboxylic acids is 1. The number of benzene rings is 3. The Morgan fingerprint density at radius 3 is 2.60 bits per heavy atom. The molecule has 0 spiro atoms. The van der Waals surface area contributed by atoms with Gasteiger partial charge >= 0.3 is 5.97 Å². The average molecular weight is 356 g/mol. The molecule has 0 unspecified atom stereocenters. The van der Waals surface area contributed by atoms with Crippen molar-refractivity contribution in [1.29, 1.82) is 0 Å². The molecule has 3 aromatic rings. The Balaban J connectivity index is 2.09. The maximum Gasteiger partial charge on any atom is 0.307 e. The van der Waals surface area contributed by atoms with Crippen molar-refractivity contribution < 1.29 is 19.0 Å². The van der Waals surface area contributed by atoms with Gasteiger partial charge in [-0.1, -0.05) is 12.1 Å². The number of hydrogen-bond acceptors (Lipinski definition) is 3. The molecule has 0 aromatic heterocycles. The third-order valence-corrected chi connectivity index (χ3v) is 4.62. The lowest BCUT2D eigenvalue weighted by atomic mass is 10.0. The fourth-order valence-electron chi connectivity index (χ4n) is 2.70. The molecular weight excluding hydrogens is 339 g/mol. The molecule has 0 bridgehead atoms. The molecule has 0 amide bonds. The summed E-state index contributed by atoms with van der Waals surface area (Å²) in [5, 5.41) is 10.4. The molecule has 0 fully saturated rings. The van der Waals surface area contributed by atoms with Crippen LogP contribution in [-0.2, 0) is 11.2 Å². The van der Waals surface area contributed by atoms with Gasteiger partial charge in [0.05, 0.1) is 6.42 Å². The second-order valence-electron chi connectivity index (χ2n) is 5.76. The number of ether oxygens (including phenoxy) is 1. The van der Waals surface area contributed by atoms with Crippen molar-refractivity contribution in [2.24, 2.45) is 0 Å². The van der Waals surface area contributed by atoms with Gasteiger partial charge in [0.15, 0.2) is 0 Å². The Morgan fingerprint density at radius 1 is 1.12 bits per heavy atom. The second-order valence-corrected chi connectivity index (χ2v) is 6.64. The van der Waals surface area contributed by atoms with E-state index in [9.17, 15) is 9.18 Å². The number of aryl methyl sites for hydroxylation is 1. The molecule has 0 atom stereocenters. The van der Waals surface area contributed by atoms with Crippen LogP contribution in [0.3, 0.4) is 0 Å². The van der Waals surface area contributed by atoms with Crippen LogP contribution in [0.1, 0.15) is 11.1 Å². The van der Waals surface area contributed by atoms with E-state index in [1.165, 1.54) is 12.1 Å². The van der Waals surface area contributed by atoms with Gasteiger partial charge < -0.3 is 9.84 Å². The van der Waals surface area contributed by atoms with Crippen LogP contribution in [0.4, 0.5) is 4.39 Å². The Kier molecular flexibility index (Phi) is 4.95. The molecule has 3 aromatic carbocycles. The molecule has 0 radical (unpaired) electrons. The summed E-state index contributed by atoms with van der Waals surface area (Å²) in [6, 6.07) is 13.6. The lowest BCUT2D eigenvalue weighted by Gasteiger charge is -2.14. The number of carbonyl (C=O) groups is 1. The summed E-state index contributed by atoms with van der Waals surface area (Å²) in [6.45, 7) is 1.94. The molecule has 5 heteroatoms. The van der Waals surface area contributed by atoms with Crippen LogP contribution in [0.5, 0.6) is 11.5 Å². The molecule has 128 valence electrons. The zero-order valence-corrected chi connectivity index (χ0v) is 14.7. The van der Waals surface area contributed by atoms with Crippen molar-refractivity contribution in [3.8, 4) is 11.5 Å². The Hall–Kier alpha value is -2.53. The third kappa shape index (κ3) is 3.94. The second kappa shape index (κ2) is 7.15. The number of rotatable bonds is 5. The summed E-state index contributed by atoms with van der Waals surface area (Å²) in [7, 11) is 0. The van der Waals surface area contributed by atoms with Crippen LogP contribution in [0.2, 0.25) is 0 Å². The van der Waals surface area contributed by atoms with E-state index in [1.807, 2.05) is 31.4 Å². The van der Waals surface area contributed by atoms with Crippen LogP contribution in [0, 0.1) is 12.7 Å². The SMILES string of the molecule is CSc1ccc(Oc2cc(CC(=O)O)cc3ccc(F)cc23)c(C)c1. The topological polar surface area (TPSA) is 46.5 Å². The lowest BCUT2D eigenvalue weighted by molar-refractivity contribution is -0.136. The molecule has 0 aliphatic rings. The standard InChI is InChI=1S/C20H17FO3S/c1-12-7-16(25-2)5-6-18(12)24-19-9-13(10-20(22)23)8-14-3-4-15(21)11-17(14)19/h3-9,11H,10H2,1-2H3,(H,22,23). The van der Waals surface area contributed by atoms with Gasteiger partial charge in [0.25, 0.3) is 0 Å². The first-order valence-corrected chi connectivity index (χ1v) is 8.95. The van der Waals surface area contributed by atoms with E-state index in [-0.39, 0.29) is 12.2 Å². The van der Waals surface area contributed by atoms with Gasteiger partial charge in [-0.05, 0) is 66.1 Å². The highest BCUT2D eigenvalue weighted by molar-refractivity contribution is 7.98. The fourth-order valence-corrected chi connectivity index (χ4v) is 3.20. The number of thioether (sulfide) groups is 1. The van der Waals surface area contributed by atoms with Gasteiger partial charge in [0.2, 0.25) is 0 Å². The highest BCUT2D eigenvalue weighted by atomic mass is 32.2. The van der Waals surface area contributed by atoms with E-state index >= 15 is 0 Å². The van der Waals surface area contributed by atoms with Gasteiger partial charge in [-0.15, -0.1) is 11.8 Å². The van der Waals surface area contributed by atoms with E-state index < -0.39 is 5.97 Å². The van der Waals surface area contributed by atoms with Crippen molar-refractivity contribution in [3.63, 3.8) is 0 Å². The Labute approximate surface area is 149 Å². The highest BCUT2D eigenvalue weighted by Gasteiger charge is 2.11. The quantitative estimate of drug-likeness (QED) is 0.619. The molecule has 0 aliphatic carbocycles. The molecule has 3 nitrogen and oxygen atoms in total. The molecule has 3 rings (SSSR count). The van der Waals surface area contributed by atoms with Crippen molar-refractivity contribution >= 4 is 28.5 Å². The van der Waals surface area contributed by atoms with Crippen LogP contribution in [0.15, 0.2) is 53.4 Å². The minimum Gasteiger partial charge on any atom is -0.481 e. The molecule has 0 saturated heterocycles. The van der Waals surface area contributed by atoms with E-state index in [0.717, 1.165) is 15.8 Å². The molecule has 0 saturated carbocycles. The molecule has 0 heterocycles. The van der Waals surface area contributed by atoms with Crippen LogP contribution in [0.25, 0.3) is 10.8 Å². The van der Waals surface area contributed by atoms with Crippen LogP contribution >= 0.6 is 11.8 Å². The van der Waals surface area contributed by atoms with Gasteiger partial charge in [-0.25, -0.2) is 4.39 Å². The maximum atomic E-state index is 13.7. The summed E-state index contributed by atoms with van der Waals surface area (Å²) in [5.74, 6) is -0.171. The number of halogens is 1. The van der Waals surface area contributed by atoms with Crippen molar-refractivity contribution in [1.82, 2.24) is 0 Å². The van der Waals surface area contributed by atoms with Gasteiger partial charge in [0, 0.05) is 10.3 Å². The predicted molar refractivity (Wildman–Crippen MR) is 98.3 cm³/mol. The van der Waals surface area contributed by atoms with Crippen LogP contribution in [-0.4, -0.2) is 17.3 Å². The zero-order chi connectivity index (χ0) is 18.0. The van der Waals surface area contributed by atoms with Gasteiger partial charge in [0.1, 0.15) is 17.3 Å². The Bertz CT molecular complexity index is 953. The minimum absolute atomic E-state index is 0.117. The van der Waals surface area contributed by atoms with Crippen molar-refractivity contribution in [2.45, 2.75) is 18.2 Å². The number of hydrogen-bond donors (Lipinski definition) is 1. The monoisotopic (exact) mass is 356 g/mol. The molecule has 0 aliphatic heterocycles. The Morgan fingerprint density at radius 2 is 1.92 bits per heavy atom. The first-order chi connectivity index (χ1) is 12.0. The summed E-state index contributed by atoms with van der Waals surface area (Å²) in [4.78, 5) is 12.2. The maximum absolute atomic E-state index is 13.7. The predicted octanol–water partition coefficient (Wildman–Crippen LogP) is 5.43. The minimum atomic E-state index is -0.923. The molecule has 1 N–H and O–H groups in total. The molecular formula is C20H17FO3S. The normalized spacial score (nSPS) is 10.8. The lowest BCUT2D eigenvalue weighted by Crippen LogP contribution is -2.01. The summed E-state index contributed by atoms with van der Waals surface area (Å²) >= 11 is 1.64. The number of fused-ring (bicyclic) bond motifs is 1.